The smallest absolute Gasteiger partial charge is 0.351 e. The standard InChI is InChI=1S/C11H17ClN2O3S/c1-4-11(2,5-6-15)14-10-13-8(12)7(18-10)9(16)17-3/h15H,4-6H2,1-3H3,(H,13,14). The third kappa shape index (κ3) is 3.57. The lowest BCUT2D eigenvalue weighted by Gasteiger charge is -2.28. The summed E-state index contributed by atoms with van der Waals surface area (Å²) in [7, 11) is 1.30. The predicted octanol–water partition coefficient (Wildman–Crippen LogP) is 2.55. The summed E-state index contributed by atoms with van der Waals surface area (Å²) in [6, 6.07) is 0. The topological polar surface area (TPSA) is 71.5 Å². The molecular formula is C11H17ClN2O3S. The van der Waals surface area contributed by atoms with Crippen LogP contribution in [0.25, 0.3) is 0 Å². The van der Waals surface area contributed by atoms with Gasteiger partial charge in [-0.25, -0.2) is 9.78 Å². The molecule has 0 aliphatic carbocycles. The number of carbonyl (C=O) groups is 1. The molecule has 1 unspecified atom stereocenters. The van der Waals surface area contributed by atoms with Gasteiger partial charge in [0.2, 0.25) is 0 Å². The largest absolute Gasteiger partial charge is 0.465 e. The Morgan fingerprint density at radius 3 is 2.83 bits per heavy atom. The van der Waals surface area contributed by atoms with Crippen LogP contribution in [0.15, 0.2) is 0 Å². The van der Waals surface area contributed by atoms with Crippen LogP contribution in [0.4, 0.5) is 5.13 Å². The summed E-state index contributed by atoms with van der Waals surface area (Å²) < 4.78 is 4.61. The number of aliphatic hydroxyl groups excluding tert-OH is 1. The zero-order valence-corrected chi connectivity index (χ0v) is 12.2. The zero-order chi connectivity index (χ0) is 13.8. The van der Waals surface area contributed by atoms with Crippen molar-refractivity contribution in [1.82, 2.24) is 4.98 Å². The lowest BCUT2D eigenvalue weighted by atomic mass is 9.95. The lowest BCUT2D eigenvalue weighted by Crippen LogP contribution is -2.34. The molecular weight excluding hydrogens is 276 g/mol. The van der Waals surface area contributed by atoms with Crippen LogP contribution in [-0.2, 0) is 4.74 Å². The number of nitrogens with one attached hydrogen (secondary N) is 1. The molecule has 0 spiro atoms. The Morgan fingerprint density at radius 2 is 2.33 bits per heavy atom. The van der Waals surface area contributed by atoms with Crippen molar-refractivity contribution < 1.29 is 14.6 Å². The molecule has 5 nitrogen and oxygen atoms in total. The SMILES string of the molecule is CCC(C)(CCO)Nc1nc(Cl)c(C(=O)OC)s1. The molecule has 1 atom stereocenters. The average molecular weight is 293 g/mol. The number of carbonyl (C=O) groups excluding carboxylic acids is 1. The first-order valence-corrected chi connectivity index (χ1v) is 6.79. The van der Waals surface area contributed by atoms with Crippen LogP contribution < -0.4 is 5.32 Å². The average Bonchev–Trinajstić information content (AvgIpc) is 2.69. The highest BCUT2D eigenvalue weighted by molar-refractivity contribution is 7.18. The molecule has 0 saturated carbocycles. The van der Waals surface area contributed by atoms with E-state index in [4.69, 9.17) is 16.7 Å². The number of ether oxygens (including phenoxy) is 1. The fraction of sp³-hybridized carbons (Fsp3) is 0.636. The number of methoxy groups -OCH3 is 1. The van der Waals surface area contributed by atoms with Crippen molar-refractivity contribution in [2.75, 3.05) is 19.0 Å². The van der Waals surface area contributed by atoms with Crippen LogP contribution in [0.1, 0.15) is 36.4 Å². The maximum atomic E-state index is 11.4. The molecule has 2 N–H and O–H groups in total. The van der Waals surface area contributed by atoms with E-state index in [1.54, 1.807) is 0 Å². The van der Waals surface area contributed by atoms with Crippen molar-refractivity contribution in [2.24, 2.45) is 0 Å². The van der Waals surface area contributed by atoms with Gasteiger partial charge in [-0.05, 0) is 19.8 Å². The number of halogens is 1. The molecule has 0 bridgehead atoms. The molecule has 102 valence electrons. The zero-order valence-electron chi connectivity index (χ0n) is 10.6. The molecule has 0 radical (unpaired) electrons. The quantitative estimate of drug-likeness (QED) is 0.789. The number of esters is 1. The minimum Gasteiger partial charge on any atom is -0.465 e. The third-order valence-corrected chi connectivity index (χ3v) is 4.15. The molecule has 18 heavy (non-hydrogen) atoms. The predicted molar refractivity (Wildman–Crippen MR) is 72.5 cm³/mol. The Labute approximate surface area is 115 Å². The van der Waals surface area contributed by atoms with Crippen LogP contribution >= 0.6 is 22.9 Å². The number of rotatable bonds is 6. The minimum absolute atomic E-state index is 0.0836. The van der Waals surface area contributed by atoms with E-state index < -0.39 is 5.97 Å². The number of aliphatic hydroxyl groups is 1. The summed E-state index contributed by atoms with van der Waals surface area (Å²) in [5.74, 6) is -0.495. The summed E-state index contributed by atoms with van der Waals surface area (Å²) in [6.45, 7) is 4.08. The van der Waals surface area contributed by atoms with Gasteiger partial charge in [-0.1, -0.05) is 29.9 Å². The van der Waals surface area contributed by atoms with E-state index in [-0.39, 0.29) is 22.2 Å². The summed E-state index contributed by atoms with van der Waals surface area (Å²) in [6.07, 6.45) is 1.41. The van der Waals surface area contributed by atoms with Gasteiger partial charge in [0.05, 0.1) is 7.11 Å². The highest BCUT2D eigenvalue weighted by Gasteiger charge is 2.24. The maximum Gasteiger partial charge on any atom is 0.351 e. The second-order valence-electron chi connectivity index (χ2n) is 4.14. The van der Waals surface area contributed by atoms with Crippen molar-refractivity contribution in [3.8, 4) is 0 Å². The van der Waals surface area contributed by atoms with Crippen LogP contribution in [0.5, 0.6) is 0 Å². The molecule has 0 fully saturated rings. The van der Waals surface area contributed by atoms with E-state index in [0.717, 1.165) is 17.8 Å². The summed E-state index contributed by atoms with van der Waals surface area (Å²) in [4.78, 5) is 15.8. The fourth-order valence-corrected chi connectivity index (χ4v) is 2.66. The Morgan fingerprint density at radius 1 is 1.67 bits per heavy atom. The van der Waals surface area contributed by atoms with Crippen molar-refractivity contribution in [3.63, 3.8) is 0 Å². The number of thiazole rings is 1. The monoisotopic (exact) mass is 292 g/mol. The fourth-order valence-electron chi connectivity index (χ4n) is 1.41. The summed E-state index contributed by atoms with van der Waals surface area (Å²) in [5.41, 5.74) is -0.274. The Bertz CT molecular complexity index is 424. The van der Waals surface area contributed by atoms with Gasteiger partial charge in [0.1, 0.15) is 0 Å². The van der Waals surface area contributed by atoms with Gasteiger partial charge in [-0.15, -0.1) is 0 Å². The van der Waals surface area contributed by atoms with E-state index >= 15 is 0 Å². The van der Waals surface area contributed by atoms with E-state index in [1.807, 2.05) is 13.8 Å². The Hall–Kier alpha value is -0.850. The van der Waals surface area contributed by atoms with Gasteiger partial charge >= 0.3 is 5.97 Å². The van der Waals surface area contributed by atoms with E-state index in [2.05, 4.69) is 15.0 Å². The normalized spacial score (nSPS) is 14.1. The molecule has 1 aromatic heterocycles. The van der Waals surface area contributed by atoms with Crippen LogP contribution in [0, 0.1) is 0 Å². The van der Waals surface area contributed by atoms with Gasteiger partial charge in [0.25, 0.3) is 0 Å². The molecule has 0 aromatic carbocycles. The molecule has 1 rings (SSSR count). The van der Waals surface area contributed by atoms with Crippen molar-refractivity contribution in [2.45, 2.75) is 32.2 Å². The van der Waals surface area contributed by atoms with Crippen molar-refractivity contribution in [1.29, 1.82) is 0 Å². The molecule has 1 aromatic rings. The molecule has 7 heteroatoms. The van der Waals surface area contributed by atoms with E-state index in [1.165, 1.54) is 7.11 Å². The number of hydrogen-bond acceptors (Lipinski definition) is 6. The van der Waals surface area contributed by atoms with Gasteiger partial charge < -0.3 is 15.2 Å². The highest BCUT2D eigenvalue weighted by atomic mass is 35.5. The molecule has 1 heterocycles. The minimum atomic E-state index is -0.495. The molecule has 0 saturated heterocycles. The number of anilines is 1. The van der Waals surface area contributed by atoms with Gasteiger partial charge in [0, 0.05) is 12.1 Å². The molecule has 0 amide bonds. The molecule has 0 aliphatic heterocycles. The van der Waals surface area contributed by atoms with Gasteiger partial charge in [0.15, 0.2) is 15.2 Å². The van der Waals surface area contributed by atoms with Crippen LogP contribution in [0.2, 0.25) is 5.15 Å². The van der Waals surface area contributed by atoms with Gasteiger partial charge in [-0.2, -0.15) is 0 Å². The van der Waals surface area contributed by atoms with Crippen LogP contribution in [0.3, 0.4) is 0 Å². The lowest BCUT2D eigenvalue weighted by molar-refractivity contribution is 0.0606. The Kier molecular flexibility index (Phi) is 5.37. The number of aromatic nitrogens is 1. The summed E-state index contributed by atoms with van der Waals surface area (Å²) in [5, 5.41) is 12.9. The maximum absolute atomic E-state index is 11.4. The first-order chi connectivity index (χ1) is 8.45. The van der Waals surface area contributed by atoms with Crippen LogP contribution in [-0.4, -0.2) is 35.3 Å². The first kappa shape index (κ1) is 15.2. The second-order valence-corrected chi connectivity index (χ2v) is 5.50. The molecule has 0 aliphatic rings. The Balaban J connectivity index is 2.88. The number of hydrogen-bond donors (Lipinski definition) is 2. The van der Waals surface area contributed by atoms with Crippen molar-refractivity contribution in [3.05, 3.63) is 10.0 Å². The second kappa shape index (κ2) is 6.36. The van der Waals surface area contributed by atoms with Crippen molar-refractivity contribution >= 4 is 34.0 Å². The third-order valence-electron chi connectivity index (χ3n) is 2.81. The van der Waals surface area contributed by atoms with E-state index in [9.17, 15) is 4.79 Å². The van der Waals surface area contributed by atoms with Gasteiger partial charge in [-0.3, -0.25) is 0 Å². The summed E-state index contributed by atoms with van der Waals surface area (Å²) >= 11 is 7.03. The first-order valence-electron chi connectivity index (χ1n) is 5.59. The van der Waals surface area contributed by atoms with E-state index in [0.29, 0.717) is 11.6 Å². The number of nitrogens with zero attached hydrogens (tertiary/aromatic N) is 1. The highest BCUT2D eigenvalue weighted by Crippen LogP contribution is 2.31.